The number of nitrogens with zero attached hydrogens (tertiary/aromatic N) is 3. The van der Waals surface area contributed by atoms with Crippen LogP contribution in [0.4, 0.5) is 0 Å². The zero-order valence-corrected chi connectivity index (χ0v) is 10.0. The van der Waals surface area contributed by atoms with Crippen LogP contribution in [0, 0.1) is 0 Å². The van der Waals surface area contributed by atoms with Gasteiger partial charge in [0.05, 0.1) is 6.26 Å². The fourth-order valence-electron chi connectivity index (χ4n) is 1.10. The van der Waals surface area contributed by atoms with E-state index in [-0.39, 0.29) is 0 Å². The Morgan fingerprint density at radius 3 is 2.71 bits per heavy atom. The minimum absolute atomic E-state index is 0.366. The van der Waals surface area contributed by atoms with Crippen LogP contribution in [0.3, 0.4) is 0 Å². The van der Waals surface area contributed by atoms with Crippen LogP contribution in [0.15, 0.2) is 5.10 Å². The Morgan fingerprint density at radius 2 is 2.29 bits per heavy atom. The molecule has 7 heteroatoms. The van der Waals surface area contributed by atoms with Gasteiger partial charge in [-0.1, -0.05) is 0 Å². The van der Waals surface area contributed by atoms with E-state index < -0.39 is 10.0 Å². The Labute approximate surface area is 90.2 Å². The molecule has 0 aromatic rings. The third-order valence-corrected chi connectivity index (χ3v) is 3.53. The molecular formula is C7H15N3O2S2. The Hall–Kier alpha value is -0.430. The van der Waals surface area contributed by atoms with Gasteiger partial charge in [0, 0.05) is 25.4 Å². The van der Waals surface area contributed by atoms with Crippen LogP contribution in [0.5, 0.6) is 0 Å². The van der Waals surface area contributed by atoms with Crippen molar-refractivity contribution in [3.63, 3.8) is 0 Å². The van der Waals surface area contributed by atoms with E-state index >= 15 is 0 Å². The summed E-state index contributed by atoms with van der Waals surface area (Å²) in [5.41, 5.74) is 0. The predicted molar refractivity (Wildman–Crippen MR) is 60.1 cm³/mol. The van der Waals surface area contributed by atoms with Crippen molar-refractivity contribution in [3.8, 4) is 0 Å². The highest BCUT2D eigenvalue weighted by atomic mass is 32.2. The van der Waals surface area contributed by atoms with Crippen LogP contribution in [0.2, 0.25) is 0 Å². The van der Waals surface area contributed by atoms with Crippen LogP contribution in [-0.2, 0) is 10.0 Å². The highest BCUT2D eigenvalue weighted by Crippen LogP contribution is 2.12. The smallest absolute Gasteiger partial charge is 0.246 e. The lowest BCUT2D eigenvalue weighted by Crippen LogP contribution is -2.24. The number of hydrogen-bond acceptors (Lipinski definition) is 4. The van der Waals surface area contributed by atoms with Gasteiger partial charge in [-0.15, -0.1) is 0 Å². The first kappa shape index (κ1) is 11.6. The summed E-state index contributed by atoms with van der Waals surface area (Å²) in [5.74, 6) is 0. The molecule has 0 bridgehead atoms. The average molecular weight is 237 g/mol. The normalized spacial score (nSPS) is 23.4. The van der Waals surface area contributed by atoms with Crippen LogP contribution in [-0.4, -0.2) is 55.7 Å². The van der Waals surface area contributed by atoms with Crippen molar-refractivity contribution in [2.24, 2.45) is 5.10 Å². The number of hydrazone groups is 1. The standard InChI is InChI=1S/C7H15N3O2S2/c1-9(14(2,11)12)8-6-10-4-3-7(13)5-10/h6-7,13H,3-5H2,1-2H3. The Morgan fingerprint density at radius 1 is 1.64 bits per heavy atom. The van der Waals surface area contributed by atoms with Crippen molar-refractivity contribution in [1.29, 1.82) is 0 Å². The summed E-state index contributed by atoms with van der Waals surface area (Å²) in [6.07, 6.45) is 3.69. The van der Waals surface area contributed by atoms with Gasteiger partial charge in [-0.3, -0.25) is 0 Å². The van der Waals surface area contributed by atoms with Gasteiger partial charge in [0.25, 0.3) is 0 Å². The highest BCUT2D eigenvalue weighted by Gasteiger charge is 2.17. The lowest BCUT2D eigenvalue weighted by Gasteiger charge is -2.13. The SMILES string of the molecule is CN(N=CN1CCC(S)C1)S(C)(=O)=O. The van der Waals surface area contributed by atoms with Crippen molar-refractivity contribution < 1.29 is 8.42 Å². The van der Waals surface area contributed by atoms with E-state index in [0.717, 1.165) is 30.2 Å². The van der Waals surface area contributed by atoms with Gasteiger partial charge in [0.1, 0.15) is 6.34 Å². The summed E-state index contributed by atoms with van der Waals surface area (Å²) in [6, 6.07) is 0. The average Bonchev–Trinajstić information content (AvgIpc) is 2.45. The number of sulfonamides is 1. The van der Waals surface area contributed by atoms with Crippen molar-refractivity contribution in [2.45, 2.75) is 11.7 Å². The van der Waals surface area contributed by atoms with Crippen molar-refractivity contribution in [3.05, 3.63) is 0 Å². The van der Waals surface area contributed by atoms with E-state index in [1.54, 1.807) is 6.34 Å². The molecule has 0 aromatic heterocycles. The molecule has 1 rings (SSSR count). The molecular weight excluding hydrogens is 222 g/mol. The second-order valence-electron chi connectivity index (χ2n) is 3.37. The van der Waals surface area contributed by atoms with Crippen molar-refractivity contribution >= 4 is 29.0 Å². The largest absolute Gasteiger partial charge is 0.360 e. The van der Waals surface area contributed by atoms with E-state index in [1.165, 1.54) is 7.05 Å². The molecule has 1 unspecified atom stereocenters. The van der Waals surface area contributed by atoms with E-state index in [9.17, 15) is 8.42 Å². The Kier molecular flexibility index (Phi) is 3.65. The molecule has 0 aliphatic carbocycles. The summed E-state index contributed by atoms with van der Waals surface area (Å²) in [6.45, 7) is 1.71. The summed E-state index contributed by atoms with van der Waals surface area (Å²) < 4.78 is 22.9. The zero-order chi connectivity index (χ0) is 10.8. The molecule has 0 spiro atoms. The molecule has 0 N–H and O–H groups in total. The van der Waals surface area contributed by atoms with Crippen LogP contribution >= 0.6 is 12.6 Å². The molecule has 82 valence electrons. The van der Waals surface area contributed by atoms with Gasteiger partial charge in [-0.05, 0) is 6.42 Å². The molecule has 1 heterocycles. The van der Waals surface area contributed by atoms with Gasteiger partial charge >= 0.3 is 0 Å². The predicted octanol–water partition coefficient (Wildman–Crippen LogP) is -0.175. The minimum Gasteiger partial charge on any atom is -0.360 e. The lowest BCUT2D eigenvalue weighted by atomic mass is 10.4. The maximum Gasteiger partial charge on any atom is 0.246 e. The van der Waals surface area contributed by atoms with Gasteiger partial charge in [-0.25, -0.2) is 8.42 Å². The first-order valence-corrected chi connectivity index (χ1v) is 6.66. The van der Waals surface area contributed by atoms with Crippen LogP contribution < -0.4 is 0 Å². The number of hydrogen-bond donors (Lipinski definition) is 1. The fourth-order valence-corrected chi connectivity index (χ4v) is 1.64. The summed E-state index contributed by atoms with van der Waals surface area (Å²) in [4.78, 5) is 1.96. The Bertz CT molecular complexity index is 315. The molecule has 1 atom stereocenters. The summed E-state index contributed by atoms with van der Waals surface area (Å²) in [7, 11) is -1.80. The molecule has 5 nitrogen and oxygen atoms in total. The molecule has 1 aliphatic heterocycles. The zero-order valence-electron chi connectivity index (χ0n) is 8.29. The first-order valence-electron chi connectivity index (χ1n) is 4.29. The van der Waals surface area contributed by atoms with Gasteiger partial charge < -0.3 is 4.90 Å². The summed E-state index contributed by atoms with van der Waals surface area (Å²) in [5, 5.41) is 4.19. The molecule has 0 aromatic carbocycles. The monoisotopic (exact) mass is 237 g/mol. The quantitative estimate of drug-likeness (QED) is 0.321. The van der Waals surface area contributed by atoms with Crippen molar-refractivity contribution in [2.75, 3.05) is 26.4 Å². The molecule has 0 saturated carbocycles. The molecule has 1 saturated heterocycles. The third-order valence-electron chi connectivity index (χ3n) is 2.05. The summed E-state index contributed by atoms with van der Waals surface area (Å²) >= 11 is 4.32. The molecule has 0 radical (unpaired) electrons. The molecule has 1 fully saturated rings. The van der Waals surface area contributed by atoms with E-state index in [0.29, 0.717) is 5.25 Å². The number of likely N-dealkylation sites (tertiary alicyclic amines) is 1. The second kappa shape index (κ2) is 4.39. The number of rotatable bonds is 3. The molecule has 14 heavy (non-hydrogen) atoms. The maximum atomic E-state index is 11.0. The maximum absolute atomic E-state index is 11.0. The van der Waals surface area contributed by atoms with Gasteiger partial charge in [0.15, 0.2) is 0 Å². The highest BCUT2D eigenvalue weighted by molar-refractivity contribution is 7.88. The van der Waals surface area contributed by atoms with Crippen LogP contribution in [0.25, 0.3) is 0 Å². The topological polar surface area (TPSA) is 53.0 Å². The fraction of sp³-hybridized carbons (Fsp3) is 0.857. The van der Waals surface area contributed by atoms with Gasteiger partial charge in [0.2, 0.25) is 10.0 Å². The molecule has 1 aliphatic rings. The van der Waals surface area contributed by atoms with Crippen molar-refractivity contribution in [1.82, 2.24) is 9.31 Å². The van der Waals surface area contributed by atoms with Gasteiger partial charge in [-0.2, -0.15) is 22.1 Å². The minimum atomic E-state index is -3.22. The first-order chi connectivity index (χ1) is 6.39. The lowest BCUT2D eigenvalue weighted by molar-refractivity contribution is 0.475. The third kappa shape index (κ3) is 3.38. The second-order valence-corrected chi connectivity index (χ2v) is 6.09. The van der Waals surface area contributed by atoms with E-state index in [4.69, 9.17) is 0 Å². The number of thiol groups is 1. The van der Waals surface area contributed by atoms with Crippen LogP contribution in [0.1, 0.15) is 6.42 Å². The Balaban J connectivity index is 2.48. The van der Waals surface area contributed by atoms with E-state index in [2.05, 4.69) is 17.7 Å². The molecule has 0 amide bonds. The van der Waals surface area contributed by atoms with E-state index in [1.807, 2.05) is 4.90 Å².